The maximum atomic E-state index is 13.8. The van der Waals surface area contributed by atoms with Gasteiger partial charge in [-0.15, -0.1) is 0 Å². The van der Waals surface area contributed by atoms with Gasteiger partial charge in [-0.2, -0.15) is 10.6 Å². The smallest absolute Gasteiger partial charge is 0.266 e. The van der Waals surface area contributed by atoms with E-state index in [1.54, 1.807) is 15.8 Å². The number of hydrogen-bond donors (Lipinski definition) is 2. The van der Waals surface area contributed by atoms with Crippen LogP contribution in [0.1, 0.15) is 45.9 Å². The van der Waals surface area contributed by atoms with E-state index in [2.05, 4.69) is 20.3 Å². The van der Waals surface area contributed by atoms with Gasteiger partial charge in [-0.05, 0) is 12.8 Å². The Kier molecular flexibility index (Phi) is 4.50. The highest BCUT2D eigenvalue weighted by atomic mass is 19.3. The summed E-state index contributed by atoms with van der Waals surface area (Å²) in [5, 5.41) is 18.1. The van der Waals surface area contributed by atoms with Crippen LogP contribution in [0.4, 0.5) is 14.6 Å². The summed E-state index contributed by atoms with van der Waals surface area (Å²) in [4.78, 5) is 10.9. The van der Waals surface area contributed by atoms with Gasteiger partial charge in [-0.25, -0.2) is 28.4 Å². The maximum absolute atomic E-state index is 13.8. The SMILES string of the molecule is CC(C)(C)c1nc(N2CCC(F)(F)C2)c2cnn(CC(=N)N(N=N)C3CC3)c2n1. The fraction of sp³-hybridized carbons (Fsp3) is 0.667. The third-order valence-corrected chi connectivity index (χ3v) is 5.19. The van der Waals surface area contributed by atoms with Crippen molar-refractivity contribution in [3.63, 3.8) is 0 Å². The Balaban J connectivity index is 1.74. The predicted octanol–water partition coefficient (Wildman–Crippen LogP) is 3.36. The molecule has 2 aromatic heterocycles. The second-order valence-electron chi connectivity index (χ2n) is 8.81. The number of fused-ring (bicyclic) bond motifs is 1. The van der Waals surface area contributed by atoms with Crippen molar-refractivity contribution in [1.29, 1.82) is 10.9 Å². The standard InChI is InChI=1S/C18H25F2N9/c1-17(2,3)16-24-14(27-7-6-18(19,20)10-27)12-8-23-28(15(12)25-16)9-13(21)29(26-22)11-4-5-11/h8,11,21-22H,4-7,9-10H2,1-3H3. The van der Waals surface area contributed by atoms with Gasteiger partial charge in [0.15, 0.2) is 5.65 Å². The van der Waals surface area contributed by atoms with Gasteiger partial charge in [0.05, 0.1) is 24.2 Å². The molecule has 0 amide bonds. The summed E-state index contributed by atoms with van der Waals surface area (Å²) < 4.78 is 29.2. The molecule has 156 valence electrons. The first-order valence-corrected chi connectivity index (χ1v) is 9.70. The summed E-state index contributed by atoms with van der Waals surface area (Å²) in [6, 6.07) is 0.101. The van der Waals surface area contributed by atoms with E-state index in [0.717, 1.165) is 12.8 Å². The van der Waals surface area contributed by atoms with Crippen LogP contribution in [-0.2, 0) is 12.0 Å². The first kappa shape index (κ1) is 19.6. The van der Waals surface area contributed by atoms with E-state index in [1.807, 2.05) is 20.8 Å². The quantitative estimate of drug-likeness (QED) is 0.343. The van der Waals surface area contributed by atoms with E-state index in [1.165, 1.54) is 5.01 Å². The van der Waals surface area contributed by atoms with Crippen LogP contribution < -0.4 is 4.90 Å². The summed E-state index contributed by atoms with van der Waals surface area (Å²) in [5.41, 5.74) is 7.45. The highest BCUT2D eigenvalue weighted by Crippen LogP contribution is 2.35. The molecule has 3 heterocycles. The first-order chi connectivity index (χ1) is 13.6. The second-order valence-corrected chi connectivity index (χ2v) is 8.81. The first-order valence-electron chi connectivity index (χ1n) is 9.70. The molecule has 2 fully saturated rings. The molecule has 2 aromatic rings. The number of hydrogen-bond acceptors (Lipinski definition) is 7. The number of amidine groups is 1. The summed E-state index contributed by atoms with van der Waals surface area (Å²) in [6.45, 7) is 5.83. The normalized spacial score (nSPS) is 19.0. The molecule has 11 heteroatoms. The Bertz CT molecular complexity index is 958. The molecule has 0 atom stereocenters. The van der Waals surface area contributed by atoms with Gasteiger partial charge in [0.25, 0.3) is 5.92 Å². The number of aromatic nitrogens is 4. The summed E-state index contributed by atoms with van der Waals surface area (Å²) in [7, 11) is 0. The van der Waals surface area contributed by atoms with Crippen LogP contribution >= 0.6 is 0 Å². The van der Waals surface area contributed by atoms with Gasteiger partial charge >= 0.3 is 0 Å². The van der Waals surface area contributed by atoms with E-state index in [0.29, 0.717) is 22.7 Å². The molecule has 1 aliphatic heterocycles. The Morgan fingerprint density at radius 1 is 1.34 bits per heavy atom. The number of halogens is 2. The molecule has 1 saturated heterocycles. The zero-order valence-electron chi connectivity index (χ0n) is 16.8. The third-order valence-electron chi connectivity index (χ3n) is 5.19. The molecule has 2 aliphatic rings. The minimum Gasteiger partial charge on any atom is -0.350 e. The lowest BCUT2D eigenvalue weighted by Crippen LogP contribution is -2.31. The third kappa shape index (κ3) is 3.77. The van der Waals surface area contributed by atoms with Crippen molar-refractivity contribution in [1.82, 2.24) is 24.8 Å². The monoisotopic (exact) mass is 405 g/mol. The highest BCUT2D eigenvalue weighted by molar-refractivity contribution is 5.88. The second kappa shape index (κ2) is 6.67. The average Bonchev–Trinajstić information content (AvgIpc) is 3.28. The Labute approximate surface area is 167 Å². The van der Waals surface area contributed by atoms with E-state index < -0.39 is 5.92 Å². The molecule has 0 radical (unpaired) electrons. The Hall–Kier alpha value is -2.72. The molecule has 0 bridgehead atoms. The lowest BCUT2D eigenvalue weighted by atomic mass is 9.95. The van der Waals surface area contributed by atoms with Crippen LogP contribution in [0.25, 0.3) is 11.0 Å². The van der Waals surface area contributed by atoms with Crippen LogP contribution in [0.3, 0.4) is 0 Å². The fourth-order valence-corrected chi connectivity index (χ4v) is 3.45. The number of nitrogens with one attached hydrogen (secondary N) is 2. The van der Waals surface area contributed by atoms with Gasteiger partial charge < -0.3 is 4.90 Å². The van der Waals surface area contributed by atoms with Crippen molar-refractivity contribution in [3.8, 4) is 0 Å². The Morgan fingerprint density at radius 2 is 2.07 bits per heavy atom. The van der Waals surface area contributed by atoms with E-state index in [4.69, 9.17) is 10.9 Å². The topological polar surface area (TPSA) is 110 Å². The number of nitrogens with zero attached hydrogens (tertiary/aromatic N) is 7. The van der Waals surface area contributed by atoms with E-state index >= 15 is 0 Å². The highest BCUT2D eigenvalue weighted by Gasteiger charge is 2.40. The zero-order valence-corrected chi connectivity index (χ0v) is 16.8. The molecule has 1 aliphatic carbocycles. The van der Waals surface area contributed by atoms with Gasteiger partial charge in [0, 0.05) is 18.4 Å². The molecule has 2 N–H and O–H groups in total. The molecule has 0 aromatic carbocycles. The van der Waals surface area contributed by atoms with Crippen LogP contribution in [0.2, 0.25) is 0 Å². The van der Waals surface area contributed by atoms with Crippen LogP contribution in [-0.4, -0.2) is 55.6 Å². The van der Waals surface area contributed by atoms with Crippen molar-refractivity contribution in [3.05, 3.63) is 12.0 Å². The largest absolute Gasteiger partial charge is 0.350 e. The molecule has 4 rings (SSSR count). The molecule has 1 saturated carbocycles. The van der Waals surface area contributed by atoms with E-state index in [-0.39, 0.29) is 43.3 Å². The van der Waals surface area contributed by atoms with Crippen molar-refractivity contribution >= 4 is 22.7 Å². The summed E-state index contributed by atoms with van der Waals surface area (Å²) >= 11 is 0. The lowest BCUT2D eigenvalue weighted by Gasteiger charge is -2.23. The molecule has 9 nitrogen and oxygen atoms in total. The van der Waals surface area contributed by atoms with Crippen LogP contribution in [0, 0.1) is 10.9 Å². The number of anilines is 1. The molecule has 29 heavy (non-hydrogen) atoms. The minimum atomic E-state index is -2.74. The lowest BCUT2D eigenvalue weighted by molar-refractivity contribution is 0.0257. The van der Waals surface area contributed by atoms with Crippen LogP contribution in [0.5, 0.6) is 0 Å². The van der Waals surface area contributed by atoms with Crippen molar-refractivity contribution < 1.29 is 8.78 Å². The van der Waals surface area contributed by atoms with Gasteiger partial charge in [0.1, 0.15) is 24.0 Å². The molecular formula is C18H25F2N9. The van der Waals surface area contributed by atoms with Gasteiger partial charge in [-0.3, -0.25) is 5.41 Å². The van der Waals surface area contributed by atoms with E-state index in [9.17, 15) is 8.78 Å². The predicted molar refractivity (Wildman–Crippen MR) is 104 cm³/mol. The van der Waals surface area contributed by atoms with Gasteiger partial charge in [-0.1, -0.05) is 26.0 Å². The fourth-order valence-electron chi connectivity index (χ4n) is 3.45. The van der Waals surface area contributed by atoms with Crippen LogP contribution in [0.15, 0.2) is 11.4 Å². The molecule has 0 spiro atoms. The maximum Gasteiger partial charge on any atom is 0.266 e. The minimum absolute atomic E-state index is 0.0958. The zero-order chi connectivity index (χ0) is 21.0. The Morgan fingerprint density at radius 3 is 2.62 bits per heavy atom. The van der Waals surface area contributed by atoms with Crippen molar-refractivity contribution in [2.24, 2.45) is 5.22 Å². The number of alkyl halides is 2. The summed E-state index contributed by atoms with van der Waals surface area (Å²) in [5.74, 6) is -1.60. The molecule has 0 unspecified atom stereocenters. The molecular weight excluding hydrogens is 380 g/mol. The van der Waals surface area contributed by atoms with Crippen molar-refractivity contribution in [2.45, 2.75) is 64.0 Å². The number of rotatable bonds is 5. The van der Waals surface area contributed by atoms with Crippen molar-refractivity contribution in [2.75, 3.05) is 18.0 Å². The van der Waals surface area contributed by atoms with Gasteiger partial charge in [0.2, 0.25) is 0 Å². The average molecular weight is 405 g/mol. The summed E-state index contributed by atoms with van der Waals surface area (Å²) in [6.07, 6.45) is 3.19.